The van der Waals surface area contributed by atoms with Crippen molar-refractivity contribution in [3.63, 3.8) is 0 Å². The number of piperidine rings is 1. The summed E-state index contributed by atoms with van der Waals surface area (Å²) < 4.78 is 20.6. The van der Waals surface area contributed by atoms with E-state index in [9.17, 15) is 24.0 Å². The van der Waals surface area contributed by atoms with Crippen LogP contribution in [0.15, 0.2) is 79.0 Å². The number of rotatable bonds is 13. The summed E-state index contributed by atoms with van der Waals surface area (Å²) in [6, 6.07) is 20.7. The second kappa shape index (κ2) is 21.4. The fourth-order valence-electron chi connectivity index (χ4n) is 9.69. The second-order valence-corrected chi connectivity index (χ2v) is 20.1. The number of aryl methyl sites for hydroxylation is 1. The van der Waals surface area contributed by atoms with Gasteiger partial charge in [0.05, 0.1) is 17.8 Å². The molecule has 4 N–H and O–H groups in total. The lowest BCUT2D eigenvalue weighted by Gasteiger charge is -2.47. The molecule has 15 nitrogen and oxygen atoms in total. The fourth-order valence-corrected chi connectivity index (χ4v) is 9.69. The number of halogens is 1. The predicted molar refractivity (Wildman–Crippen MR) is 264 cm³/mol. The van der Waals surface area contributed by atoms with Crippen molar-refractivity contribution in [2.45, 2.75) is 78.4 Å². The van der Waals surface area contributed by atoms with Crippen LogP contribution in [-0.4, -0.2) is 148 Å². The first-order valence-corrected chi connectivity index (χ1v) is 24.0. The van der Waals surface area contributed by atoms with E-state index < -0.39 is 34.9 Å². The van der Waals surface area contributed by atoms with Gasteiger partial charge in [-0.25, -0.2) is 14.2 Å². The fraction of sp³-hybridized carbons (Fsp3) is 0.453. The van der Waals surface area contributed by atoms with Gasteiger partial charge in [-0.15, -0.1) is 0 Å². The summed E-state index contributed by atoms with van der Waals surface area (Å²) in [5.74, 6) is -1.68. The number of ether oxygens (including phenoxy) is 1. The number of nitrogens with zero attached hydrogens (tertiary/aromatic N) is 6. The normalized spacial score (nSPS) is 17.8. The Balaban J connectivity index is 0.879. The first-order chi connectivity index (χ1) is 32.8. The van der Waals surface area contributed by atoms with Gasteiger partial charge in [-0.2, -0.15) is 0 Å². The Hall–Kier alpha value is -6.52. The van der Waals surface area contributed by atoms with Crippen molar-refractivity contribution >= 4 is 41.1 Å². The average Bonchev–Trinajstić information content (AvgIpc) is 3.31. The minimum Gasteiger partial charge on any atom is -0.444 e. The maximum absolute atomic E-state index is 15.0. The Morgan fingerprint density at radius 2 is 1.48 bits per heavy atom. The lowest BCUT2D eigenvalue weighted by molar-refractivity contribution is -0.134. The standard InChI is InChI=1S/C53H66FN9O6/c1-7-35-11-10-12-38(27-35)39-30-45(58-51(68)69-52(2,3)4)47(57-32-39)50(67)63-18-17-37(31-53(63,5)6)33-59-19-21-60(22-20-59)34-46(64)61-23-25-62(26-24-61)49(66)42-28-36(15-16-43(42)54)29-44(55)40-13-8-9-14-41(40)48(56)65/h8-16,27-28,30,32,37,55H,7,17-26,29,31,33-34H2,1-6H3,(H2,56,65)(H,58,68). The number of carbonyl (C=O) groups excluding carboxylic acids is 5. The van der Waals surface area contributed by atoms with Crippen LogP contribution in [0.5, 0.6) is 0 Å². The molecule has 7 rings (SSSR count). The van der Waals surface area contributed by atoms with Crippen LogP contribution in [0.3, 0.4) is 0 Å². The number of hydrogen-bond donors (Lipinski definition) is 3. The number of aromatic nitrogens is 1. The van der Waals surface area contributed by atoms with Crippen molar-refractivity contribution in [3.05, 3.63) is 118 Å². The molecule has 16 heteroatoms. The van der Waals surface area contributed by atoms with E-state index in [1.54, 1.807) is 67.1 Å². The number of piperazine rings is 2. The van der Waals surface area contributed by atoms with Gasteiger partial charge < -0.3 is 35.5 Å². The van der Waals surface area contributed by atoms with Crippen LogP contribution in [0, 0.1) is 17.1 Å². The van der Waals surface area contributed by atoms with E-state index >= 15 is 4.39 Å². The molecule has 1 atom stereocenters. The number of nitrogens with two attached hydrogens (primary N) is 1. The van der Waals surface area contributed by atoms with E-state index in [1.807, 2.05) is 17.0 Å². The van der Waals surface area contributed by atoms with E-state index in [2.05, 4.69) is 53.0 Å². The third kappa shape index (κ3) is 12.6. The van der Waals surface area contributed by atoms with Gasteiger partial charge in [0.2, 0.25) is 11.8 Å². The van der Waals surface area contributed by atoms with Crippen molar-refractivity contribution in [2.24, 2.45) is 11.7 Å². The molecule has 0 aliphatic carbocycles. The van der Waals surface area contributed by atoms with Gasteiger partial charge in [0, 0.05) is 106 Å². The number of pyridine rings is 1. The minimum atomic E-state index is -0.730. The molecule has 366 valence electrons. The molecule has 0 bridgehead atoms. The molecule has 5 amide bonds. The van der Waals surface area contributed by atoms with E-state index in [0.29, 0.717) is 42.4 Å². The van der Waals surface area contributed by atoms with Crippen molar-refractivity contribution in [3.8, 4) is 11.1 Å². The summed E-state index contributed by atoms with van der Waals surface area (Å²) in [4.78, 5) is 80.9. The Bertz CT molecular complexity index is 2580. The summed E-state index contributed by atoms with van der Waals surface area (Å²) in [6.07, 6.45) is 3.59. The number of anilines is 1. The van der Waals surface area contributed by atoms with Gasteiger partial charge in [-0.3, -0.25) is 29.4 Å². The number of likely N-dealkylation sites (tertiary alicyclic amines) is 1. The molecule has 69 heavy (non-hydrogen) atoms. The van der Waals surface area contributed by atoms with Crippen LogP contribution in [0.4, 0.5) is 14.9 Å². The van der Waals surface area contributed by atoms with Crippen molar-refractivity contribution in [1.82, 2.24) is 29.5 Å². The first-order valence-electron chi connectivity index (χ1n) is 24.0. The van der Waals surface area contributed by atoms with Crippen LogP contribution in [0.1, 0.15) is 102 Å². The van der Waals surface area contributed by atoms with Crippen LogP contribution in [0.25, 0.3) is 11.1 Å². The number of amides is 5. The molecule has 0 radical (unpaired) electrons. The van der Waals surface area contributed by atoms with Gasteiger partial charge in [0.25, 0.3) is 11.8 Å². The zero-order valence-electron chi connectivity index (χ0n) is 40.8. The summed E-state index contributed by atoms with van der Waals surface area (Å²) in [5, 5.41) is 11.4. The Kier molecular flexibility index (Phi) is 15.6. The maximum atomic E-state index is 15.0. The highest BCUT2D eigenvalue weighted by molar-refractivity contribution is 6.09. The number of primary amides is 1. The van der Waals surface area contributed by atoms with Crippen LogP contribution in [-0.2, 0) is 22.4 Å². The number of nitrogens with one attached hydrogen (secondary N) is 2. The molecule has 4 aromatic rings. The lowest BCUT2D eigenvalue weighted by Crippen LogP contribution is -2.56. The van der Waals surface area contributed by atoms with E-state index in [1.165, 1.54) is 23.8 Å². The quantitative estimate of drug-likeness (QED) is 0.122. The van der Waals surface area contributed by atoms with Gasteiger partial charge >= 0.3 is 6.09 Å². The molecule has 3 aromatic carbocycles. The van der Waals surface area contributed by atoms with E-state index in [-0.39, 0.29) is 60.4 Å². The molecule has 4 heterocycles. The molecule has 3 aliphatic rings. The van der Waals surface area contributed by atoms with Crippen molar-refractivity contribution in [1.29, 1.82) is 5.41 Å². The van der Waals surface area contributed by atoms with E-state index in [4.69, 9.17) is 15.9 Å². The van der Waals surface area contributed by atoms with Gasteiger partial charge in [-0.05, 0) is 101 Å². The molecule has 1 aromatic heterocycles. The topological polar surface area (TPSA) is 186 Å². The Morgan fingerprint density at radius 3 is 2.14 bits per heavy atom. The Labute approximate surface area is 404 Å². The average molecular weight is 944 g/mol. The third-order valence-corrected chi connectivity index (χ3v) is 13.3. The zero-order chi connectivity index (χ0) is 49.6. The number of carbonyl (C=O) groups is 5. The van der Waals surface area contributed by atoms with Gasteiger partial charge in [-0.1, -0.05) is 55.5 Å². The lowest BCUT2D eigenvalue weighted by atomic mass is 9.82. The second-order valence-electron chi connectivity index (χ2n) is 20.1. The largest absolute Gasteiger partial charge is 0.444 e. The Morgan fingerprint density at radius 1 is 0.797 bits per heavy atom. The zero-order valence-corrected chi connectivity index (χ0v) is 40.8. The SMILES string of the molecule is CCc1cccc(-c2cnc(C(=O)N3CCC(CN4CCN(CC(=O)N5CCN(C(=O)c6cc(CC(=N)c7ccccc7C(N)=O)ccc6F)CC5)CC4)CC3(C)C)c(NC(=O)OC(C)(C)C)c2)c1. The highest BCUT2D eigenvalue weighted by Gasteiger charge is 2.40. The molecule has 3 fully saturated rings. The first kappa shape index (κ1) is 50.4. The maximum Gasteiger partial charge on any atom is 0.412 e. The minimum absolute atomic E-state index is 0.00320. The molecule has 0 saturated carbocycles. The molecular weight excluding hydrogens is 878 g/mol. The monoisotopic (exact) mass is 944 g/mol. The summed E-state index contributed by atoms with van der Waals surface area (Å²) in [7, 11) is 0. The predicted octanol–water partition coefficient (Wildman–Crippen LogP) is 6.74. The summed E-state index contributed by atoms with van der Waals surface area (Å²) in [6.45, 7) is 17.7. The molecular formula is C53H66FN9O6. The molecule has 1 unspecified atom stereocenters. The van der Waals surface area contributed by atoms with Crippen LogP contribution >= 0.6 is 0 Å². The van der Waals surface area contributed by atoms with E-state index in [0.717, 1.165) is 63.1 Å². The molecule has 3 saturated heterocycles. The smallest absolute Gasteiger partial charge is 0.412 e. The van der Waals surface area contributed by atoms with Crippen LogP contribution < -0.4 is 11.1 Å². The highest BCUT2D eigenvalue weighted by atomic mass is 19.1. The number of hydrogen-bond acceptors (Lipinski definition) is 10. The van der Waals surface area contributed by atoms with Crippen LogP contribution in [0.2, 0.25) is 0 Å². The summed E-state index contributed by atoms with van der Waals surface area (Å²) in [5.41, 5.74) is 8.83. The molecule has 0 spiro atoms. The third-order valence-electron chi connectivity index (χ3n) is 13.3. The summed E-state index contributed by atoms with van der Waals surface area (Å²) >= 11 is 0. The highest BCUT2D eigenvalue weighted by Crippen LogP contribution is 2.35. The number of benzene rings is 3. The van der Waals surface area contributed by atoms with Gasteiger partial charge in [0.15, 0.2) is 5.69 Å². The van der Waals surface area contributed by atoms with Gasteiger partial charge in [0.1, 0.15) is 11.4 Å². The van der Waals surface area contributed by atoms with Crippen molar-refractivity contribution < 1.29 is 33.1 Å². The molecule has 3 aliphatic heterocycles. The van der Waals surface area contributed by atoms with Crippen molar-refractivity contribution in [2.75, 3.05) is 77.3 Å².